The van der Waals surface area contributed by atoms with Crippen LogP contribution in [0.4, 0.5) is 0 Å². The molecule has 0 aliphatic heterocycles. The van der Waals surface area contributed by atoms with Gasteiger partial charge in [0.1, 0.15) is 6.54 Å². The van der Waals surface area contributed by atoms with Gasteiger partial charge in [0.15, 0.2) is 6.20 Å². The highest BCUT2D eigenvalue weighted by Crippen LogP contribution is 2.22. The van der Waals surface area contributed by atoms with Gasteiger partial charge in [0.05, 0.1) is 24.0 Å². The van der Waals surface area contributed by atoms with Crippen LogP contribution in [0.5, 0.6) is 0 Å². The number of nitrogens with zero attached hydrogens (tertiary/aromatic N) is 2. The largest absolute Gasteiger partial charge is 0.469 e. The molecule has 1 aromatic heterocycles. The minimum Gasteiger partial charge on any atom is -0.469 e. The second kappa shape index (κ2) is 8.58. The van der Waals surface area contributed by atoms with Gasteiger partial charge in [0.25, 0.3) is 0 Å². The molecular formula is C18H18N2O5. The number of fused-ring (bicyclic) bond motifs is 3. The summed E-state index contributed by atoms with van der Waals surface area (Å²) in [6.45, 7) is 0.806. The summed E-state index contributed by atoms with van der Waals surface area (Å²) < 4.78 is 6.92. The third-order valence-electron chi connectivity index (χ3n) is 3.77. The van der Waals surface area contributed by atoms with Crippen LogP contribution in [0.25, 0.3) is 21.7 Å². The Labute approximate surface area is 144 Å². The number of rotatable bonds is 4. The average molecular weight is 342 g/mol. The molecule has 0 spiro atoms. The van der Waals surface area contributed by atoms with Crippen LogP contribution in [0.2, 0.25) is 0 Å². The predicted octanol–water partition coefficient (Wildman–Crippen LogP) is 2.99. The third kappa shape index (κ3) is 4.87. The summed E-state index contributed by atoms with van der Waals surface area (Å²) in [5.41, 5.74) is 1.20. The molecule has 0 radical (unpaired) electrons. The van der Waals surface area contributed by atoms with Crippen molar-refractivity contribution in [1.29, 1.82) is 0 Å². The highest BCUT2D eigenvalue weighted by atomic mass is 16.9. The van der Waals surface area contributed by atoms with Gasteiger partial charge in [0.2, 0.25) is 5.52 Å². The number of hydrogen-bond acceptors (Lipinski definition) is 5. The van der Waals surface area contributed by atoms with Crippen LogP contribution >= 0.6 is 0 Å². The van der Waals surface area contributed by atoms with E-state index in [1.54, 1.807) is 0 Å². The maximum atomic E-state index is 11.2. The number of ether oxygens (including phenoxy) is 1. The molecule has 7 heteroatoms. The molecule has 0 unspecified atom stereocenters. The fourth-order valence-electron chi connectivity index (χ4n) is 2.72. The molecule has 0 amide bonds. The Morgan fingerprint density at radius 3 is 2.36 bits per heavy atom. The number of esters is 1. The topological polar surface area (TPSA) is 96.4 Å². The lowest BCUT2D eigenvalue weighted by atomic mass is 10.1. The molecule has 0 aliphatic rings. The molecule has 0 saturated carbocycles. The summed E-state index contributed by atoms with van der Waals surface area (Å²) >= 11 is 0. The zero-order valence-electron chi connectivity index (χ0n) is 13.8. The fourth-order valence-corrected chi connectivity index (χ4v) is 2.72. The summed E-state index contributed by atoms with van der Waals surface area (Å²) in [6.07, 6.45) is 3.39. The fraction of sp³-hybridized carbons (Fsp3) is 0.222. The molecule has 3 rings (SSSR count). The molecular weight excluding hydrogens is 324 g/mol. The van der Waals surface area contributed by atoms with Gasteiger partial charge < -0.3 is 20.1 Å². The van der Waals surface area contributed by atoms with Gasteiger partial charge in [-0.2, -0.15) is 4.57 Å². The van der Waals surface area contributed by atoms with Crippen LogP contribution in [0.15, 0.2) is 54.7 Å². The van der Waals surface area contributed by atoms with Crippen molar-refractivity contribution in [2.75, 3.05) is 7.11 Å². The summed E-state index contributed by atoms with van der Waals surface area (Å²) in [4.78, 5) is 19.5. The zero-order chi connectivity index (χ0) is 18.2. The van der Waals surface area contributed by atoms with E-state index in [2.05, 4.69) is 53.2 Å². The lowest BCUT2D eigenvalue weighted by molar-refractivity contribution is -0.670. The summed E-state index contributed by atoms with van der Waals surface area (Å²) in [5, 5.41) is 18.5. The molecule has 0 fully saturated rings. The molecule has 0 aliphatic carbocycles. The number of hydrogen-bond donors (Lipinski definition) is 0. The van der Waals surface area contributed by atoms with E-state index < -0.39 is 5.09 Å². The van der Waals surface area contributed by atoms with Gasteiger partial charge in [-0.1, -0.05) is 30.3 Å². The number of methoxy groups -OCH3 is 1. The Kier molecular flexibility index (Phi) is 6.22. The van der Waals surface area contributed by atoms with E-state index in [0.29, 0.717) is 6.42 Å². The number of aromatic nitrogens is 1. The standard InChI is InChI=1S/C18H18NO2.NO3/c1-21-18(20)11-6-12-19-13-14-7-2-3-8-15(14)16-9-4-5-10-17(16)19;2-1(3)4/h2-5,7-10,13H,6,11-12H2,1H3;/q+1;-1. The Hall–Kier alpha value is -3.22. The SMILES string of the molecule is COC(=O)CCC[n+]1cc2ccccc2c2ccccc21.O=[N+]([O-])[O-]. The van der Waals surface area contributed by atoms with E-state index in [1.807, 2.05) is 6.07 Å². The van der Waals surface area contributed by atoms with Crippen LogP contribution < -0.4 is 4.57 Å². The molecule has 7 nitrogen and oxygen atoms in total. The molecule has 1 heterocycles. The summed E-state index contributed by atoms with van der Waals surface area (Å²) in [7, 11) is 1.43. The smallest absolute Gasteiger partial charge is 0.305 e. The van der Waals surface area contributed by atoms with E-state index >= 15 is 0 Å². The first-order valence-corrected chi connectivity index (χ1v) is 7.71. The molecule has 130 valence electrons. The van der Waals surface area contributed by atoms with Gasteiger partial charge >= 0.3 is 5.97 Å². The van der Waals surface area contributed by atoms with Crippen LogP contribution in [-0.2, 0) is 16.1 Å². The number of para-hydroxylation sites is 1. The van der Waals surface area contributed by atoms with E-state index in [4.69, 9.17) is 20.1 Å². The minimum atomic E-state index is -1.75. The number of aryl methyl sites for hydroxylation is 1. The second-order valence-corrected chi connectivity index (χ2v) is 5.33. The average Bonchev–Trinajstić information content (AvgIpc) is 2.61. The molecule has 0 saturated heterocycles. The normalized spacial score (nSPS) is 10.1. The Morgan fingerprint density at radius 1 is 1.08 bits per heavy atom. The highest BCUT2D eigenvalue weighted by Gasteiger charge is 2.13. The van der Waals surface area contributed by atoms with Crippen LogP contribution in [0.1, 0.15) is 12.8 Å². The van der Waals surface area contributed by atoms with E-state index in [-0.39, 0.29) is 5.97 Å². The van der Waals surface area contributed by atoms with E-state index in [0.717, 1.165) is 13.0 Å². The number of pyridine rings is 1. The number of benzene rings is 2. The van der Waals surface area contributed by atoms with Crippen molar-refractivity contribution < 1.29 is 19.2 Å². The van der Waals surface area contributed by atoms with Gasteiger partial charge in [-0.15, -0.1) is 0 Å². The lowest BCUT2D eigenvalue weighted by Gasteiger charge is -2.05. The van der Waals surface area contributed by atoms with Crippen LogP contribution in [0, 0.1) is 15.3 Å². The molecule has 0 bridgehead atoms. The zero-order valence-corrected chi connectivity index (χ0v) is 13.8. The quantitative estimate of drug-likeness (QED) is 0.239. The molecule has 3 aromatic rings. The van der Waals surface area contributed by atoms with Crippen molar-refractivity contribution in [3.63, 3.8) is 0 Å². The van der Waals surface area contributed by atoms with Crippen molar-refractivity contribution in [2.24, 2.45) is 0 Å². The predicted molar refractivity (Wildman–Crippen MR) is 93.3 cm³/mol. The van der Waals surface area contributed by atoms with Gasteiger partial charge in [-0.25, -0.2) is 0 Å². The first kappa shape index (κ1) is 18.1. The van der Waals surface area contributed by atoms with Crippen molar-refractivity contribution in [3.8, 4) is 0 Å². The van der Waals surface area contributed by atoms with Crippen molar-refractivity contribution in [1.82, 2.24) is 0 Å². The molecule has 0 atom stereocenters. The van der Waals surface area contributed by atoms with Crippen molar-refractivity contribution >= 4 is 27.6 Å². The molecule has 25 heavy (non-hydrogen) atoms. The number of carbonyl (C=O) groups excluding carboxylic acids is 1. The molecule has 2 aromatic carbocycles. The van der Waals surface area contributed by atoms with Crippen molar-refractivity contribution in [3.05, 3.63) is 70.0 Å². The molecule has 0 N–H and O–H groups in total. The Balaban J connectivity index is 0.000000511. The first-order chi connectivity index (χ1) is 12.0. The Bertz CT molecular complexity index is 891. The Morgan fingerprint density at radius 2 is 1.68 bits per heavy atom. The number of carbonyl (C=O) groups is 1. The van der Waals surface area contributed by atoms with Crippen LogP contribution in [-0.4, -0.2) is 18.2 Å². The summed E-state index contributed by atoms with van der Waals surface area (Å²) in [6, 6.07) is 16.8. The van der Waals surface area contributed by atoms with Gasteiger partial charge in [0, 0.05) is 23.3 Å². The van der Waals surface area contributed by atoms with Gasteiger partial charge in [-0.05, 0) is 12.1 Å². The van der Waals surface area contributed by atoms with Crippen LogP contribution in [0.3, 0.4) is 0 Å². The van der Waals surface area contributed by atoms with E-state index in [1.165, 1.54) is 28.8 Å². The summed E-state index contributed by atoms with van der Waals surface area (Å²) in [5.74, 6) is -0.152. The second-order valence-electron chi connectivity index (χ2n) is 5.33. The minimum absolute atomic E-state index is 0.152. The van der Waals surface area contributed by atoms with Crippen molar-refractivity contribution in [2.45, 2.75) is 19.4 Å². The monoisotopic (exact) mass is 342 g/mol. The first-order valence-electron chi connectivity index (χ1n) is 7.71. The maximum Gasteiger partial charge on any atom is 0.305 e. The lowest BCUT2D eigenvalue weighted by Crippen LogP contribution is -2.34. The van der Waals surface area contributed by atoms with Gasteiger partial charge in [-0.3, -0.25) is 4.79 Å². The third-order valence-corrected chi connectivity index (χ3v) is 3.77. The van der Waals surface area contributed by atoms with E-state index in [9.17, 15) is 4.79 Å². The maximum absolute atomic E-state index is 11.2. The highest BCUT2D eigenvalue weighted by molar-refractivity contribution is 6.03.